The van der Waals surface area contributed by atoms with Crippen LogP contribution in [0.4, 0.5) is 85.3 Å². The summed E-state index contributed by atoms with van der Waals surface area (Å²) >= 11 is 6.84. The molecule has 5 nitrogen and oxygen atoms in total. The smallest absolute Gasteiger partial charge is 0.252 e. The number of fused-ring (bicyclic) bond motifs is 10. The fraction of sp³-hybridized carbons (Fsp3) is 0.0769. The van der Waals surface area contributed by atoms with Gasteiger partial charge in [-0.1, -0.05) is 221 Å². The quantitative estimate of drug-likeness (QED) is 0.147. The van der Waals surface area contributed by atoms with Crippen molar-refractivity contribution in [2.75, 3.05) is 24.5 Å². The Hall–Kier alpha value is -9.72. The second kappa shape index (κ2) is 21.1. The van der Waals surface area contributed by atoms with Gasteiger partial charge in [-0.05, 0) is 163 Å². The normalized spacial score (nSPS) is 14.2. The maximum Gasteiger partial charge on any atom is 0.252 e. The highest BCUT2D eigenvalue weighted by molar-refractivity contribution is 7.06. The van der Waals surface area contributed by atoms with Crippen LogP contribution in [0.25, 0.3) is 0 Å². The number of benzene rings is 12. The Labute approximate surface area is 517 Å². The Balaban J connectivity index is 0.000000155. The minimum atomic E-state index is -2.19. The predicted molar refractivity (Wildman–Crippen MR) is 376 cm³/mol. The van der Waals surface area contributed by atoms with Gasteiger partial charge in [0.25, 0.3) is 13.4 Å². The molecule has 5 heterocycles. The molecule has 5 aliphatic heterocycles. The van der Waals surface area contributed by atoms with E-state index in [0.29, 0.717) is 11.1 Å². The van der Waals surface area contributed by atoms with Crippen LogP contribution in [-0.2, 0) is 0 Å². The largest absolute Gasteiger partial charge is 0.311 e. The van der Waals surface area contributed by atoms with Crippen LogP contribution in [-0.4, -0.2) is 21.5 Å². The fourth-order valence-electron chi connectivity index (χ4n) is 15.8. The zero-order valence-corrected chi connectivity index (χ0v) is 50.9. The lowest BCUT2D eigenvalue weighted by atomic mass is 9.33. The van der Waals surface area contributed by atoms with E-state index >= 15 is 0 Å². The van der Waals surface area contributed by atoms with Gasteiger partial charge in [0.2, 0.25) is 0 Å². The molecule has 87 heavy (non-hydrogen) atoms. The van der Waals surface area contributed by atoms with Crippen LogP contribution < -0.4 is 67.6 Å². The van der Waals surface area contributed by atoms with E-state index in [1.165, 1.54) is 94.3 Å². The number of hydrogen-bond acceptors (Lipinski definition) is 5. The molecule has 0 saturated heterocycles. The van der Waals surface area contributed by atoms with E-state index in [0.717, 1.165) is 39.1 Å². The Kier molecular flexibility index (Phi) is 12.8. The summed E-state index contributed by atoms with van der Waals surface area (Å²) < 4.78 is 0. The molecule has 0 aromatic heterocycles. The summed E-state index contributed by atoms with van der Waals surface area (Å²) in [6.07, 6.45) is 0. The van der Waals surface area contributed by atoms with Gasteiger partial charge in [-0.25, -0.2) is 0 Å². The molecule has 0 amide bonds. The summed E-state index contributed by atoms with van der Waals surface area (Å²) in [5, 5.41) is 3.79. The highest BCUT2D eigenvalue weighted by Crippen LogP contribution is 2.51. The van der Waals surface area contributed by atoms with Crippen LogP contribution in [0.15, 0.2) is 291 Å². The third-order valence-electron chi connectivity index (χ3n) is 19.0. The van der Waals surface area contributed by atoms with Crippen LogP contribution in [0.3, 0.4) is 0 Å². The highest BCUT2D eigenvalue weighted by Gasteiger charge is 2.51. The van der Waals surface area contributed by atoms with Crippen molar-refractivity contribution in [3.05, 3.63) is 296 Å². The van der Waals surface area contributed by atoms with Gasteiger partial charge in [-0.15, -0.1) is 0 Å². The molecular formula is C78H62B2ClN5Si. The van der Waals surface area contributed by atoms with E-state index in [1.807, 2.05) is 0 Å². The van der Waals surface area contributed by atoms with Gasteiger partial charge in [0, 0.05) is 84.6 Å². The molecule has 0 radical (unpaired) electrons. The van der Waals surface area contributed by atoms with Crippen molar-refractivity contribution in [3.8, 4) is 0 Å². The van der Waals surface area contributed by atoms with Gasteiger partial charge in [-0.2, -0.15) is 0 Å². The van der Waals surface area contributed by atoms with E-state index < -0.39 is 8.07 Å². The van der Waals surface area contributed by atoms with Gasteiger partial charge in [0.05, 0.1) is 5.69 Å². The second-order valence-electron chi connectivity index (χ2n) is 24.1. The third kappa shape index (κ3) is 8.08. The van der Waals surface area contributed by atoms with E-state index in [1.54, 1.807) is 0 Å². The third-order valence-corrected chi connectivity index (χ3v) is 25.5. The molecule has 12 aromatic rings. The minimum absolute atomic E-state index is 0.0873. The van der Waals surface area contributed by atoms with Crippen molar-refractivity contribution < 1.29 is 0 Å². The molecular weight excluding hydrogens is 1090 g/mol. The molecule has 0 aliphatic carbocycles. The van der Waals surface area contributed by atoms with Crippen LogP contribution in [0.2, 0.25) is 16.1 Å². The van der Waals surface area contributed by atoms with Gasteiger partial charge in [0.1, 0.15) is 8.07 Å². The molecule has 9 heteroatoms. The lowest BCUT2D eigenvalue weighted by Crippen LogP contribution is -2.66. The van der Waals surface area contributed by atoms with Crippen LogP contribution in [0.5, 0.6) is 0 Å². The van der Waals surface area contributed by atoms with Gasteiger partial charge >= 0.3 is 0 Å². The summed E-state index contributed by atoms with van der Waals surface area (Å²) in [6.45, 7) is 10.1. The van der Waals surface area contributed by atoms with E-state index in [2.05, 4.69) is 343 Å². The molecule has 0 saturated carbocycles. The summed E-state index contributed by atoms with van der Waals surface area (Å²) in [6, 6.07) is 106. The first-order valence-electron chi connectivity index (χ1n) is 30.6. The first-order chi connectivity index (χ1) is 42.8. The molecule has 0 unspecified atom stereocenters. The maximum atomic E-state index is 6.84. The number of hydrogen-bond donors (Lipinski definition) is 0. The molecule has 416 valence electrons. The van der Waals surface area contributed by atoms with Crippen molar-refractivity contribution in [2.24, 2.45) is 0 Å². The molecule has 17 rings (SSSR count). The number of halogens is 1. The van der Waals surface area contributed by atoms with Crippen molar-refractivity contribution in [1.82, 2.24) is 0 Å². The van der Waals surface area contributed by atoms with E-state index in [4.69, 9.17) is 11.6 Å². The van der Waals surface area contributed by atoms with Gasteiger partial charge < -0.3 is 24.5 Å². The maximum absolute atomic E-state index is 6.84. The monoisotopic (exact) mass is 1150 g/mol. The minimum Gasteiger partial charge on any atom is -0.311 e. The number of rotatable bonds is 7. The van der Waals surface area contributed by atoms with Crippen LogP contribution in [0.1, 0.15) is 27.7 Å². The molecule has 0 bridgehead atoms. The predicted octanol–water partition coefficient (Wildman–Crippen LogP) is 16.4. The summed E-state index contributed by atoms with van der Waals surface area (Å²) in [7, 11) is -2.19. The van der Waals surface area contributed by atoms with Crippen molar-refractivity contribution in [1.29, 1.82) is 0 Å². The zero-order chi connectivity index (χ0) is 58.5. The molecule has 12 aromatic carbocycles. The van der Waals surface area contributed by atoms with Crippen molar-refractivity contribution in [3.63, 3.8) is 0 Å². The SMILES string of the molecule is CC(C)[Si]1(C(C)C)c2ccccc2N(c2cc3c4c(c2)N(c2ccccc2)c2ccccc2B4c2ccccc2N3c2ccccc2)c2ccccc21.Clc1cc2c3c(c1)N(c1ccccc1)c1ccccc1B3c1ccccc1N2c1ccccc1. The van der Waals surface area contributed by atoms with Crippen molar-refractivity contribution in [2.45, 2.75) is 38.8 Å². The van der Waals surface area contributed by atoms with E-state index in [-0.39, 0.29) is 13.4 Å². The number of anilines is 15. The Morgan fingerprint density at radius 1 is 0.264 bits per heavy atom. The number of nitrogens with zero attached hydrogens (tertiary/aromatic N) is 5. The second-order valence-corrected chi connectivity index (χ2v) is 29.6. The molecule has 0 N–H and O–H groups in total. The van der Waals surface area contributed by atoms with Gasteiger partial charge in [-0.3, -0.25) is 0 Å². The Bertz CT molecular complexity index is 4340. The summed E-state index contributed by atoms with van der Waals surface area (Å²) in [5.74, 6) is 0. The molecule has 0 fully saturated rings. The molecule has 0 atom stereocenters. The fourth-order valence-corrected chi connectivity index (χ4v) is 22.1. The lowest BCUT2D eigenvalue weighted by molar-refractivity contribution is 0.925. The van der Waals surface area contributed by atoms with Gasteiger partial charge in [0.15, 0.2) is 0 Å². The van der Waals surface area contributed by atoms with Crippen LogP contribution in [0, 0.1) is 0 Å². The molecule has 5 aliphatic rings. The lowest BCUT2D eigenvalue weighted by Gasteiger charge is -2.49. The zero-order valence-electron chi connectivity index (χ0n) is 49.1. The standard InChI is InChI=1S/C48H42BN3Si.C30H20BClN2/c1-33(2)53(34(3)4)46-29-17-15-27-42(46)52(43-28-16-18-30-47(43)53)37-31-44-48-45(32-37)51(36-21-9-6-10-22-36)41-26-14-12-24-39(41)49(48)38-23-11-13-25-40(38)50(44)35-19-7-5-8-20-35;32-21-19-28-30-29(20-21)34(23-13-5-2-6-14-23)27-18-10-8-16-25(27)31(30)24-15-7-9-17-26(24)33(28)22-11-3-1-4-12-22/h5-34H,1-4H3;1-20H. The van der Waals surface area contributed by atoms with Crippen molar-refractivity contribution >= 4 is 162 Å². The Morgan fingerprint density at radius 3 is 0.805 bits per heavy atom. The highest BCUT2D eigenvalue weighted by atomic mass is 35.5. The first kappa shape index (κ1) is 52.8. The summed E-state index contributed by atoms with van der Waals surface area (Å²) in [5.41, 5.74) is 26.9. The molecule has 0 spiro atoms. The van der Waals surface area contributed by atoms with Crippen LogP contribution >= 0.6 is 11.6 Å². The average molecular weight is 1150 g/mol. The first-order valence-corrected chi connectivity index (χ1v) is 33.1. The Morgan fingerprint density at radius 2 is 0.506 bits per heavy atom. The average Bonchev–Trinajstić information content (AvgIpc) is 0.968. The summed E-state index contributed by atoms with van der Waals surface area (Å²) in [4.78, 5) is 12.3. The topological polar surface area (TPSA) is 16.2 Å². The van der Waals surface area contributed by atoms with E-state index in [9.17, 15) is 0 Å². The number of para-hydroxylation sites is 10.